The second-order valence-corrected chi connectivity index (χ2v) is 5.99. The molecule has 0 aromatic carbocycles. The van der Waals surface area contributed by atoms with Crippen molar-refractivity contribution in [2.24, 2.45) is 0 Å². The van der Waals surface area contributed by atoms with Crippen LogP contribution in [-0.4, -0.2) is 50.2 Å². The van der Waals surface area contributed by atoms with Crippen molar-refractivity contribution < 1.29 is 14.2 Å². The van der Waals surface area contributed by atoms with Gasteiger partial charge in [-0.25, -0.2) is 0 Å². The third kappa shape index (κ3) is 3.91. The summed E-state index contributed by atoms with van der Waals surface area (Å²) in [7, 11) is 2.00. The minimum absolute atomic E-state index is 0.221. The Morgan fingerprint density at radius 2 is 1.84 bits per heavy atom. The van der Waals surface area contributed by atoms with Crippen LogP contribution in [-0.2, 0) is 14.2 Å². The molecule has 5 unspecified atom stereocenters. The first-order chi connectivity index (χ1) is 9.13. The molecule has 0 spiro atoms. The fourth-order valence-corrected chi connectivity index (χ4v) is 3.18. The molecule has 1 saturated heterocycles. The summed E-state index contributed by atoms with van der Waals surface area (Å²) in [6.07, 6.45) is 5.56. The first kappa shape index (κ1) is 15.2. The van der Waals surface area contributed by atoms with Gasteiger partial charge in [-0.15, -0.1) is 0 Å². The zero-order valence-electron chi connectivity index (χ0n) is 12.7. The van der Waals surface area contributed by atoms with Gasteiger partial charge in [0, 0.05) is 12.6 Å². The predicted molar refractivity (Wildman–Crippen MR) is 75.4 cm³/mol. The van der Waals surface area contributed by atoms with Gasteiger partial charge in [-0.1, -0.05) is 6.92 Å². The average Bonchev–Trinajstić information content (AvgIpc) is 2.33. The molecule has 0 aromatic rings. The van der Waals surface area contributed by atoms with Gasteiger partial charge in [0.1, 0.15) is 0 Å². The number of hydrogen-bond donors (Lipinski definition) is 1. The van der Waals surface area contributed by atoms with Crippen molar-refractivity contribution in [1.29, 1.82) is 0 Å². The van der Waals surface area contributed by atoms with Crippen LogP contribution in [0.4, 0.5) is 0 Å². The summed E-state index contributed by atoms with van der Waals surface area (Å²) in [6.45, 7) is 7.23. The van der Waals surface area contributed by atoms with Crippen molar-refractivity contribution in [3.05, 3.63) is 0 Å². The molecule has 1 aliphatic heterocycles. The molecule has 5 atom stereocenters. The van der Waals surface area contributed by atoms with E-state index in [0.717, 1.165) is 32.3 Å². The second-order valence-electron chi connectivity index (χ2n) is 5.99. The lowest BCUT2D eigenvalue weighted by atomic mass is 9.84. The average molecular weight is 271 g/mol. The highest BCUT2D eigenvalue weighted by atomic mass is 16.6. The van der Waals surface area contributed by atoms with E-state index in [1.165, 1.54) is 0 Å². The van der Waals surface area contributed by atoms with Gasteiger partial charge in [0.15, 0.2) is 0 Å². The first-order valence-corrected chi connectivity index (χ1v) is 7.73. The molecular weight excluding hydrogens is 242 g/mol. The molecular formula is C15H29NO3. The Kier molecular flexibility index (Phi) is 5.63. The number of ether oxygens (including phenoxy) is 3. The van der Waals surface area contributed by atoms with Gasteiger partial charge >= 0.3 is 0 Å². The monoisotopic (exact) mass is 271 g/mol. The summed E-state index contributed by atoms with van der Waals surface area (Å²) in [5.74, 6) is 0. The smallest absolute Gasteiger partial charge is 0.0990 e. The van der Waals surface area contributed by atoms with Crippen LogP contribution >= 0.6 is 0 Å². The Balaban J connectivity index is 1.81. The van der Waals surface area contributed by atoms with E-state index < -0.39 is 0 Å². The maximum atomic E-state index is 6.26. The molecule has 0 amide bonds. The fraction of sp³-hybridized carbons (Fsp3) is 1.00. The van der Waals surface area contributed by atoms with E-state index in [9.17, 15) is 0 Å². The Bertz CT molecular complexity index is 264. The summed E-state index contributed by atoms with van der Waals surface area (Å²) in [4.78, 5) is 0. The van der Waals surface area contributed by atoms with Gasteiger partial charge in [0.05, 0.1) is 30.5 Å². The van der Waals surface area contributed by atoms with E-state index in [4.69, 9.17) is 14.2 Å². The molecule has 1 heterocycles. The maximum Gasteiger partial charge on any atom is 0.0990 e. The van der Waals surface area contributed by atoms with Gasteiger partial charge in [-0.05, 0) is 46.6 Å². The minimum atomic E-state index is 0.221. The highest BCUT2D eigenvalue weighted by molar-refractivity contribution is 4.97. The number of rotatable bonds is 6. The Hall–Kier alpha value is -0.160. The van der Waals surface area contributed by atoms with Crippen LogP contribution in [0.15, 0.2) is 0 Å². The van der Waals surface area contributed by atoms with Gasteiger partial charge in [0.2, 0.25) is 0 Å². The third-order valence-corrected chi connectivity index (χ3v) is 4.16. The molecule has 1 saturated carbocycles. The largest absolute Gasteiger partial charge is 0.375 e. The van der Waals surface area contributed by atoms with Crippen LogP contribution in [0, 0.1) is 0 Å². The molecule has 0 bridgehead atoms. The van der Waals surface area contributed by atoms with Crippen molar-refractivity contribution >= 4 is 0 Å². The van der Waals surface area contributed by atoms with Crippen LogP contribution in [0.5, 0.6) is 0 Å². The molecule has 2 fully saturated rings. The standard InChI is InChI=1S/C15H29NO3/c1-5-6-17-15-13(16-4)9-14(15)19-12-7-10(2)18-11(3)8-12/h10-16H,5-9H2,1-4H3. The minimum Gasteiger partial charge on any atom is -0.375 e. The zero-order chi connectivity index (χ0) is 13.8. The second kappa shape index (κ2) is 7.02. The Labute approximate surface area is 117 Å². The highest BCUT2D eigenvalue weighted by Crippen LogP contribution is 2.32. The maximum absolute atomic E-state index is 6.26. The van der Waals surface area contributed by atoms with E-state index in [2.05, 4.69) is 26.1 Å². The number of hydrogen-bond acceptors (Lipinski definition) is 4. The van der Waals surface area contributed by atoms with Gasteiger partial charge in [0.25, 0.3) is 0 Å². The first-order valence-electron chi connectivity index (χ1n) is 7.73. The summed E-state index contributed by atoms with van der Waals surface area (Å²) in [5, 5.41) is 3.32. The van der Waals surface area contributed by atoms with Crippen LogP contribution in [0.3, 0.4) is 0 Å². The molecule has 1 N–H and O–H groups in total. The lowest BCUT2D eigenvalue weighted by molar-refractivity contribution is -0.193. The normalized spacial score (nSPS) is 42.9. The highest BCUT2D eigenvalue weighted by Gasteiger charge is 2.43. The molecule has 1 aliphatic carbocycles. The summed E-state index contributed by atoms with van der Waals surface area (Å²) in [5.41, 5.74) is 0. The van der Waals surface area contributed by atoms with E-state index >= 15 is 0 Å². The van der Waals surface area contributed by atoms with Crippen LogP contribution < -0.4 is 5.32 Å². The quantitative estimate of drug-likeness (QED) is 0.803. The molecule has 0 radical (unpaired) electrons. The van der Waals surface area contributed by atoms with E-state index in [1.807, 2.05) is 7.05 Å². The number of likely N-dealkylation sites (N-methyl/N-ethyl adjacent to an activating group) is 1. The molecule has 4 nitrogen and oxygen atoms in total. The van der Waals surface area contributed by atoms with Crippen molar-refractivity contribution in [2.75, 3.05) is 13.7 Å². The summed E-state index contributed by atoms with van der Waals surface area (Å²) in [6, 6.07) is 0.450. The fourth-order valence-electron chi connectivity index (χ4n) is 3.18. The SMILES string of the molecule is CCCOC1C(NC)CC1OC1CC(C)OC(C)C1. The van der Waals surface area contributed by atoms with Gasteiger partial charge in [-0.3, -0.25) is 0 Å². The Morgan fingerprint density at radius 3 is 2.42 bits per heavy atom. The zero-order valence-corrected chi connectivity index (χ0v) is 12.7. The van der Waals surface area contributed by atoms with E-state index in [1.54, 1.807) is 0 Å². The van der Waals surface area contributed by atoms with E-state index in [-0.39, 0.29) is 12.2 Å². The molecule has 19 heavy (non-hydrogen) atoms. The summed E-state index contributed by atoms with van der Waals surface area (Å²) >= 11 is 0. The van der Waals surface area contributed by atoms with Crippen molar-refractivity contribution in [2.45, 2.75) is 83.0 Å². The Morgan fingerprint density at radius 1 is 1.16 bits per heavy atom. The predicted octanol–water partition coefficient (Wildman–Crippen LogP) is 2.11. The molecule has 2 rings (SSSR count). The van der Waals surface area contributed by atoms with Crippen molar-refractivity contribution in [1.82, 2.24) is 5.32 Å². The van der Waals surface area contributed by atoms with Crippen LogP contribution in [0.2, 0.25) is 0 Å². The van der Waals surface area contributed by atoms with Crippen LogP contribution in [0.25, 0.3) is 0 Å². The van der Waals surface area contributed by atoms with Crippen molar-refractivity contribution in [3.8, 4) is 0 Å². The number of nitrogens with one attached hydrogen (secondary N) is 1. The summed E-state index contributed by atoms with van der Waals surface area (Å²) < 4.78 is 17.9. The van der Waals surface area contributed by atoms with Crippen LogP contribution in [0.1, 0.15) is 46.5 Å². The van der Waals surface area contributed by atoms with Gasteiger partial charge in [-0.2, -0.15) is 0 Å². The lowest BCUT2D eigenvalue weighted by Crippen LogP contribution is -2.60. The molecule has 2 aliphatic rings. The lowest BCUT2D eigenvalue weighted by Gasteiger charge is -2.46. The third-order valence-electron chi connectivity index (χ3n) is 4.16. The molecule has 0 aromatic heterocycles. The molecule has 4 heteroatoms. The topological polar surface area (TPSA) is 39.7 Å². The molecule has 112 valence electrons. The van der Waals surface area contributed by atoms with Crippen molar-refractivity contribution in [3.63, 3.8) is 0 Å². The van der Waals surface area contributed by atoms with E-state index in [0.29, 0.717) is 24.4 Å². The van der Waals surface area contributed by atoms with Gasteiger partial charge < -0.3 is 19.5 Å².